The van der Waals surface area contributed by atoms with Gasteiger partial charge in [-0.2, -0.15) is 0 Å². The molecule has 4 nitrogen and oxygen atoms in total. The van der Waals surface area contributed by atoms with Crippen LogP contribution in [-0.2, 0) is 6.54 Å². The number of benzene rings is 1. The predicted octanol–water partition coefficient (Wildman–Crippen LogP) is 4.09. The highest BCUT2D eigenvalue weighted by Crippen LogP contribution is 2.18. The molecule has 0 saturated carbocycles. The number of amides is 2. The largest absolute Gasteiger partial charge is 0.352 e. The van der Waals surface area contributed by atoms with Crippen molar-refractivity contribution in [3.63, 3.8) is 0 Å². The second kappa shape index (κ2) is 11.6. The molecule has 4 N–H and O–H groups in total. The van der Waals surface area contributed by atoms with E-state index in [-0.39, 0.29) is 0 Å². The zero-order chi connectivity index (χ0) is 16.2. The number of nitrogens with one attached hydrogen (secondary N) is 2. The van der Waals surface area contributed by atoms with Crippen molar-refractivity contribution < 1.29 is 4.79 Å². The average Bonchev–Trinajstić information content (AvgIpc) is 2.43. The molecule has 0 atom stereocenters. The van der Waals surface area contributed by atoms with Gasteiger partial charge in [0.25, 0.3) is 0 Å². The van der Waals surface area contributed by atoms with E-state index in [2.05, 4.69) is 10.6 Å². The summed E-state index contributed by atoms with van der Waals surface area (Å²) in [5, 5.41) is 7.35. The molecule has 1 aromatic carbocycles. The van der Waals surface area contributed by atoms with Crippen LogP contribution in [0.2, 0.25) is 10.0 Å². The van der Waals surface area contributed by atoms with E-state index >= 15 is 0 Å². The molecule has 1 aromatic rings. The van der Waals surface area contributed by atoms with E-state index in [1.807, 2.05) is 12.1 Å². The minimum absolute atomic E-state index is 0.438. The Labute approximate surface area is 142 Å². The summed E-state index contributed by atoms with van der Waals surface area (Å²) in [7, 11) is 0. The normalized spacial score (nSPS) is 10.6. The SMILES string of the molecule is NC(=O)NCCCCCCCCNCc1cc(Cl)cc(Cl)c1. The smallest absolute Gasteiger partial charge is 0.312 e. The number of rotatable bonds is 11. The van der Waals surface area contributed by atoms with Crippen molar-refractivity contribution in [3.05, 3.63) is 33.8 Å². The lowest BCUT2D eigenvalue weighted by Crippen LogP contribution is -2.29. The quantitative estimate of drug-likeness (QED) is 0.528. The van der Waals surface area contributed by atoms with Crippen LogP contribution in [-0.4, -0.2) is 19.1 Å². The Morgan fingerprint density at radius 2 is 1.45 bits per heavy atom. The van der Waals surface area contributed by atoms with Gasteiger partial charge in [0.2, 0.25) is 0 Å². The van der Waals surface area contributed by atoms with Crippen LogP contribution in [0.25, 0.3) is 0 Å². The molecule has 0 fully saturated rings. The van der Waals surface area contributed by atoms with Gasteiger partial charge in [-0.15, -0.1) is 0 Å². The summed E-state index contributed by atoms with van der Waals surface area (Å²) in [6.45, 7) is 2.46. The lowest BCUT2D eigenvalue weighted by Gasteiger charge is -2.06. The van der Waals surface area contributed by atoms with E-state index in [9.17, 15) is 4.79 Å². The van der Waals surface area contributed by atoms with Gasteiger partial charge in [0.15, 0.2) is 0 Å². The third-order valence-corrected chi connectivity index (χ3v) is 3.77. The average molecular weight is 346 g/mol. The molecule has 0 saturated heterocycles. The van der Waals surface area contributed by atoms with Crippen molar-refractivity contribution in [2.75, 3.05) is 13.1 Å². The minimum Gasteiger partial charge on any atom is -0.352 e. The lowest BCUT2D eigenvalue weighted by molar-refractivity contribution is 0.248. The highest BCUT2D eigenvalue weighted by Gasteiger charge is 1.98. The van der Waals surface area contributed by atoms with E-state index in [0.29, 0.717) is 16.6 Å². The van der Waals surface area contributed by atoms with Crippen LogP contribution in [0.5, 0.6) is 0 Å². The second-order valence-electron chi connectivity index (χ2n) is 5.37. The van der Waals surface area contributed by atoms with Gasteiger partial charge < -0.3 is 16.4 Å². The van der Waals surface area contributed by atoms with Crippen molar-refractivity contribution in [1.82, 2.24) is 10.6 Å². The van der Waals surface area contributed by atoms with E-state index in [4.69, 9.17) is 28.9 Å². The number of unbranched alkanes of at least 4 members (excludes halogenated alkanes) is 5. The third-order valence-electron chi connectivity index (χ3n) is 3.33. The lowest BCUT2D eigenvalue weighted by atomic mass is 10.1. The Kier molecular flexibility index (Phi) is 10.0. The maximum atomic E-state index is 10.5. The number of hydrogen-bond donors (Lipinski definition) is 3. The standard InChI is InChI=1S/C16H25Cl2N3O/c17-14-9-13(10-15(18)11-14)12-20-7-5-3-1-2-4-6-8-21-16(19)22/h9-11,20H,1-8,12H2,(H3,19,21,22). The first-order valence-corrected chi connectivity index (χ1v) is 8.52. The molecule has 0 aliphatic carbocycles. The Hall–Kier alpha value is -0.970. The van der Waals surface area contributed by atoms with Gasteiger partial charge >= 0.3 is 6.03 Å². The Bertz CT molecular complexity index is 435. The van der Waals surface area contributed by atoms with Crippen LogP contribution in [0.3, 0.4) is 0 Å². The van der Waals surface area contributed by atoms with Gasteiger partial charge in [0.1, 0.15) is 0 Å². The maximum Gasteiger partial charge on any atom is 0.312 e. The van der Waals surface area contributed by atoms with Crippen molar-refractivity contribution in [3.8, 4) is 0 Å². The van der Waals surface area contributed by atoms with Gasteiger partial charge in [-0.05, 0) is 43.1 Å². The highest BCUT2D eigenvalue weighted by atomic mass is 35.5. The number of urea groups is 1. The first kappa shape index (κ1) is 19.1. The Morgan fingerprint density at radius 1 is 0.909 bits per heavy atom. The van der Waals surface area contributed by atoms with Crippen LogP contribution < -0.4 is 16.4 Å². The van der Waals surface area contributed by atoms with E-state index in [0.717, 1.165) is 37.9 Å². The fraction of sp³-hybridized carbons (Fsp3) is 0.562. The molecular weight excluding hydrogens is 321 g/mol. The first-order chi connectivity index (χ1) is 10.6. The number of carbonyl (C=O) groups excluding carboxylic acids is 1. The molecule has 2 amide bonds. The molecule has 0 aliphatic rings. The summed E-state index contributed by atoms with van der Waals surface area (Å²) in [6, 6.07) is 5.17. The van der Waals surface area contributed by atoms with Crippen LogP contribution in [0.4, 0.5) is 4.79 Å². The molecule has 0 aliphatic heterocycles. The van der Waals surface area contributed by atoms with Crippen LogP contribution in [0.15, 0.2) is 18.2 Å². The molecule has 0 aromatic heterocycles. The molecular formula is C16H25Cl2N3O. The molecule has 1 rings (SSSR count). The van der Waals surface area contributed by atoms with Gasteiger partial charge in [0, 0.05) is 23.1 Å². The first-order valence-electron chi connectivity index (χ1n) is 7.77. The van der Waals surface area contributed by atoms with Crippen molar-refractivity contribution in [1.29, 1.82) is 0 Å². The number of primary amides is 1. The fourth-order valence-corrected chi connectivity index (χ4v) is 2.81. The molecule has 0 bridgehead atoms. The summed E-state index contributed by atoms with van der Waals surface area (Å²) in [4.78, 5) is 10.5. The molecule has 0 radical (unpaired) electrons. The number of carbonyl (C=O) groups is 1. The van der Waals surface area contributed by atoms with E-state index < -0.39 is 6.03 Å². The monoisotopic (exact) mass is 345 g/mol. The van der Waals surface area contributed by atoms with Gasteiger partial charge in [0.05, 0.1) is 0 Å². The van der Waals surface area contributed by atoms with Crippen molar-refractivity contribution in [2.45, 2.75) is 45.1 Å². The molecule has 0 unspecified atom stereocenters. The number of nitrogens with two attached hydrogens (primary N) is 1. The molecule has 6 heteroatoms. The van der Waals surface area contributed by atoms with Crippen molar-refractivity contribution >= 4 is 29.2 Å². The summed E-state index contributed by atoms with van der Waals surface area (Å²) in [6.07, 6.45) is 6.93. The second-order valence-corrected chi connectivity index (χ2v) is 6.24. The third kappa shape index (κ3) is 9.87. The fourth-order valence-electron chi connectivity index (χ4n) is 2.24. The van der Waals surface area contributed by atoms with Gasteiger partial charge in [-0.25, -0.2) is 4.79 Å². The number of halogens is 2. The summed E-state index contributed by atoms with van der Waals surface area (Å²) in [5.41, 5.74) is 6.10. The minimum atomic E-state index is -0.438. The van der Waals surface area contributed by atoms with Gasteiger partial charge in [-0.1, -0.05) is 48.9 Å². The summed E-state index contributed by atoms with van der Waals surface area (Å²) < 4.78 is 0. The van der Waals surface area contributed by atoms with Crippen LogP contribution in [0, 0.1) is 0 Å². The van der Waals surface area contributed by atoms with E-state index in [1.54, 1.807) is 6.07 Å². The summed E-state index contributed by atoms with van der Waals surface area (Å²) >= 11 is 11.9. The predicted molar refractivity (Wildman–Crippen MR) is 93.5 cm³/mol. The molecule has 22 heavy (non-hydrogen) atoms. The number of hydrogen-bond acceptors (Lipinski definition) is 2. The Morgan fingerprint density at radius 3 is 2.05 bits per heavy atom. The van der Waals surface area contributed by atoms with Crippen LogP contribution in [0.1, 0.15) is 44.1 Å². The van der Waals surface area contributed by atoms with Crippen LogP contribution >= 0.6 is 23.2 Å². The molecule has 124 valence electrons. The Balaban J connectivity index is 1.92. The topological polar surface area (TPSA) is 67.2 Å². The molecule has 0 heterocycles. The van der Waals surface area contributed by atoms with Gasteiger partial charge in [-0.3, -0.25) is 0 Å². The molecule has 0 spiro atoms. The maximum absolute atomic E-state index is 10.5. The van der Waals surface area contributed by atoms with Crippen molar-refractivity contribution in [2.24, 2.45) is 5.73 Å². The van der Waals surface area contributed by atoms with E-state index in [1.165, 1.54) is 19.3 Å². The summed E-state index contributed by atoms with van der Waals surface area (Å²) in [5.74, 6) is 0. The highest BCUT2D eigenvalue weighted by molar-refractivity contribution is 6.34. The zero-order valence-corrected chi connectivity index (χ0v) is 14.3. The zero-order valence-electron chi connectivity index (χ0n) is 12.8.